The van der Waals surface area contributed by atoms with Gasteiger partial charge in [0.05, 0.1) is 24.5 Å². The Morgan fingerprint density at radius 1 is 1.03 bits per heavy atom. The fourth-order valence-corrected chi connectivity index (χ4v) is 4.28. The molecule has 0 saturated heterocycles. The number of nitrogens with one attached hydrogen (secondary N) is 1. The van der Waals surface area contributed by atoms with E-state index < -0.39 is 21.9 Å². The molecule has 4 aromatic rings. The maximum atomic E-state index is 13.0. The number of aromatic nitrogens is 5. The highest BCUT2D eigenvalue weighted by molar-refractivity contribution is 7.92. The molecule has 0 aliphatic rings. The van der Waals surface area contributed by atoms with Crippen molar-refractivity contribution in [3.8, 4) is 17.1 Å². The van der Waals surface area contributed by atoms with Crippen molar-refractivity contribution in [2.24, 2.45) is 14.1 Å². The van der Waals surface area contributed by atoms with Gasteiger partial charge >= 0.3 is 6.18 Å². The highest BCUT2D eigenvalue weighted by atomic mass is 32.2. The summed E-state index contributed by atoms with van der Waals surface area (Å²) in [6.45, 7) is 0. The molecule has 32 heavy (non-hydrogen) atoms. The van der Waals surface area contributed by atoms with Crippen molar-refractivity contribution in [2.75, 3.05) is 11.8 Å². The van der Waals surface area contributed by atoms with Crippen LogP contribution in [0.15, 0.2) is 47.6 Å². The van der Waals surface area contributed by atoms with Crippen LogP contribution in [-0.4, -0.2) is 40.1 Å². The zero-order chi connectivity index (χ0) is 23.3. The highest BCUT2D eigenvalue weighted by Gasteiger charge is 2.35. The number of rotatable bonds is 5. The van der Waals surface area contributed by atoms with Crippen LogP contribution in [-0.2, 0) is 30.3 Å². The number of alkyl halides is 3. The van der Waals surface area contributed by atoms with Gasteiger partial charge in [-0.2, -0.15) is 23.4 Å². The van der Waals surface area contributed by atoms with Crippen LogP contribution < -0.4 is 9.46 Å². The quantitative estimate of drug-likeness (QED) is 0.485. The van der Waals surface area contributed by atoms with Gasteiger partial charge in [-0.05, 0) is 30.3 Å². The molecule has 0 saturated carbocycles. The second-order valence-electron chi connectivity index (χ2n) is 6.87. The summed E-state index contributed by atoms with van der Waals surface area (Å²) in [5, 5.41) is 8.65. The number of hydrogen-bond donors (Lipinski definition) is 1. The van der Waals surface area contributed by atoms with Gasteiger partial charge in [-0.1, -0.05) is 0 Å². The van der Waals surface area contributed by atoms with Crippen molar-refractivity contribution in [3.63, 3.8) is 0 Å². The van der Waals surface area contributed by atoms with E-state index in [9.17, 15) is 21.6 Å². The third kappa shape index (κ3) is 3.75. The van der Waals surface area contributed by atoms with E-state index in [0.29, 0.717) is 21.3 Å². The maximum Gasteiger partial charge on any atom is 0.433 e. The summed E-state index contributed by atoms with van der Waals surface area (Å²) in [7, 11) is 0.147. The maximum absolute atomic E-state index is 13.0. The number of pyridine rings is 1. The Hall–Kier alpha value is -3.61. The second kappa shape index (κ2) is 7.51. The minimum absolute atomic E-state index is 0.0296. The number of hydrogen-bond acceptors (Lipinski definition) is 6. The number of fused-ring (bicyclic) bond motifs is 1. The average Bonchev–Trinajstić information content (AvgIpc) is 3.31. The number of nitrogens with zero attached hydrogens (tertiary/aromatic N) is 5. The monoisotopic (exact) mass is 466 g/mol. The fraction of sp³-hybridized carbons (Fsp3) is 0.211. The number of benzene rings is 1. The summed E-state index contributed by atoms with van der Waals surface area (Å²) < 4.78 is 74.9. The third-order valence-electron chi connectivity index (χ3n) is 4.80. The van der Waals surface area contributed by atoms with E-state index in [1.54, 1.807) is 25.4 Å². The molecule has 9 nitrogen and oxygen atoms in total. The third-order valence-corrected chi connectivity index (χ3v) is 6.14. The van der Waals surface area contributed by atoms with E-state index in [1.807, 2.05) is 0 Å². The molecule has 0 aliphatic carbocycles. The van der Waals surface area contributed by atoms with Crippen molar-refractivity contribution in [1.29, 1.82) is 0 Å². The zero-order valence-electron chi connectivity index (χ0n) is 17.0. The van der Waals surface area contributed by atoms with Crippen molar-refractivity contribution < 1.29 is 26.3 Å². The molecule has 1 N–H and O–H groups in total. The van der Waals surface area contributed by atoms with E-state index in [1.165, 1.54) is 31.0 Å². The molecular formula is C19H17F3N6O3S. The molecule has 0 unspecified atom stereocenters. The fourth-order valence-electron chi connectivity index (χ4n) is 3.26. The number of methoxy groups -OCH3 is 1. The van der Waals surface area contributed by atoms with Gasteiger partial charge in [-0.25, -0.2) is 8.42 Å². The first-order valence-electron chi connectivity index (χ1n) is 9.10. The molecule has 3 heterocycles. The van der Waals surface area contributed by atoms with Crippen LogP contribution in [0.5, 0.6) is 5.75 Å². The minimum atomic E-state index is -4.57. The molecule has 0 amide bonds. The van der Waals surface area contributed by atoms with Crippen molar-refractivity contribution in [1.82, 2.24) is 24.5 Å². The summed E-state index contributed by atoms with van der Waals surface area (Å²) in [5.41, 5.74) is -0.150. The Morgan fingerprint density at radius 3 is 2.38 bits per heavy atom. The first-order valence-corrected chi connectivity index (χ1v) is 10.6. The van der Waals surface area contributed by atoms with E-state index >= 15 is 0 Å². The van der Waals surface area contributed by atoms with Crippen LogP contribution in [0.2, 0.25) is 0 Å². The zero-order valence-corrected chi connectivity index (χ0v) is 17.9. The topological polar surface area (TPSA) is 104 Å². The first kappa shape index (κ1) is 21.6. The Morgan fingerprint density at radius 2 is 1.78 bits per heavy atom. The lowest BCUT2D eigenvalue weighted by atomic mass is 10.2. The smallest absolute Gasteiger partial charge is 0.433 e. The molecule has 3 aromatic heterocycles. The largest absolute Gasteiger partial charge is 0.494 e. The van der Waals surface area contributed by atoms with Gasteiger partial charge in [-0.15, -0.1) is 0 Å². The Labute approximate surface area is 180 Å². The Balaban J connectivity index is 1.68. The van der Waals surface area contributed by atoms with Crippen LogP contribution in [0.1, 0.15) is 5.69 Å². The molecule has 0 radical (unpaired) electrons. The summed E-state index contributed by atoms with van der Waals surface area (Å²) >= 11 is 0. The van der Waals surface area contributed by atoms with Crippen LogP contribution in [0.4, 0.5) is 18.9 Å². The van der Waals surface area contributed by atoms with Gasteiger partial charge in [0.1, 0.15) is 27.7 Å². The lowest BCUT2D eigenvalue weighted by Gasteiger charge is -2.14. The molecule has 13 heteroatoms. The van der Waals surface area contributed by atoms with Crippen LogP contribution in [0, 0.1) is 0 Å². The number of halogens is 3. The average molecular weight is 466 g/mol. The predicted octanol–water partition coefficient (Wildman–Crippen LogP) is 3.20. The predicted molar refractivity (Wildman–Crippen MR) is 110 cm³/mol. The Bertz CT molecular complexity index is 1410. The first-order chi connectivity index (χ1) is 15.0. The molecule has 0 fully saturated rings. The van der Waals surface area contributed by atoms with E-state index in [2.05, 4.69) is 19.9 Å². The van der Waals surface area contributed by atoms with Crippen LogP contribution >= 0.6 is 0 Å². The number of sulfonamides is 1. The summed E-state index contributed by atoms with van der Waals surface area (Å²) in [5.74, 6) is 0.294. The van der Waals surface area contributed by atoms with Gasteiger partial charge in [0.2, 0.25) is 0 Å². The second-order valence-corrected chi connectivity index (χ2v) is 8.55. The van der Waals surface area contributed by atoms with E-state index in [0.717, 1.165) is 12.3 Å². The highest BCUT2D eigenvalue weighted by Crippen LogP contribution is 2.35. The molecule has 4 rings (SSSR count). The molecule has 168 valence electrons. The molecule has 0 aliphatic heterocycles. The summed E-state index contributed by atoms with van der Waals surface area (Å²) in [6, 6.07) is 6.74. The van der Waals surface area contributed by atoms with Gasteiger partial charge in [0.15, 0.2) is 0 Å². The number of anilines is 1. The molecular weight excluding hydrogens is 449 g/mol. The molecule has 0 atom stereocenters. The molecule has 0 bridgehead atoms. The Kier molecular flexibility index (Phi) is 5.07. The van der Waals surface area contributed by atoms with Crippen molar-refractivity contribution >= 4 is 26.6 Å². The molecule has 0 spiro atoms. The normalized spacial score (nSPS) is 12.3. The van der Waals surface area contributed by atoms with Gasteiger partial charge in [0.25, 0.3) is 10.0 Å². The summed E-state index contributed by atoms with van der Waals surface area (Å²) in [4.78, 5) is 3.81. The van der Waals surface area contributed by atoms with Crippen LogP contribution in [0.25, 0.3) is 22.3 Å². The summed E-state index contributed by atoms with van der Waals surface area (Å²) in [6.07, 6.45) is -1.93. The lowest BCUT2D eigenvalue weighted by molar-refractivity contribution is -0.143. The lowest BCUT2D eigenvalue weighted by Crippen LogP contribution is -2.15. The standard InChI is InChI=1S/C19H17F3N6O3S/c1-27-16(19(20,21)22)8-14(25-27)13-6-5-12(10-23-13)32(29,30)26-17-15(31-3)7-4-11-9-24-28(2)18(11)17/h4-10,26H,1-3H3. The number of ether oxygens (including phenoxy) is 1. The minimum Gasteiger partial charge on any atom is -0.494 e. The van der Waals surface area contributed by atoms with Gasteiger partial charge in [0, 0.05) is 25.7 Å². The van der Waals surface area contributed by atoms with Gasteiger partial charge in [-0.3, -0.25) is 19.1 Å². The van der Waals surface area contributed by atoms with Gasteiger partial charge < -0.3 is 4.74 Å². The van der Waals surface area contributed by atoms with E-state index in [4.69, 9.17) is 4.74 Å². The van der Waals surface area contributed by atoms with Crippen molar-refractivity contribution in [2.45, 2.75) is 11.1 Å². The SMILES string of the molecule is COc1ccc2cnn(C)c2c1NS(=O)(=O)c1ccc(-c2cc(C(F)(F)F)n(C)n2)nc1. The van der Waals surface area contributed by atoms with E-state index in [-0.39, 0.29) is 22.0 Å². The number of aryl methyl sites for hydroxylation is 2. The molecule has 1 aromatic carbocycles. The van der Waals surface area contributed by atoms with Crippen molar-refractivity contribution in [3.05, 3.63) is 48.4 Å². The van der Waals surface area contributed by atoms with Crippen LogP contribution in [0.3, 0.4) is 0 Å².